The van der Waals surface area contributed by atoms with Crippen molar-refractivity contribution in [2.24, 2.45) is 5.92 Å². The third kappa shape index (κ3) is 5.61. The Morgan fingerprint density at radius 3 is 2.35 bits per heavy atom. The van der Waals surface area contributed by atoms with Gasteiger partial charge in [-0.15, -0.1) is 0 Å². The quantitative estimate of drug-likeness (QED) is 0.750. The minimum atomic E-state index is -3.78. The first-order chi connectivity index (χ1) is 9.35. The fourth-order valence-electron chi connectivity index (χ4n) is 1.71. The van der Waals surface area contributed by atoms with E-state index in [9.17, 15) is 13.5 Å². The second-order valence-corrected chi connectivity index (χ2v) is 6.91. The Balaban J connectivity index is 2.49. The van der Waals surface area contributed by atoms with Crippen LogP contribution in [0.15, 0.2) is 29.2 Å². The second kappa shape index (κ2) is 7.76. The van der Waals surface area contributed by atoms with Crippen molar-refractivity contribution < 1.29 is 17.7 Å². The minimum Gasteiger partial charge on any atom is -0.391 e. The van der Waals surface area contributed by atoms with Crippen molar-refractivity contribution in [2.75, 3.05) is 6.61 Å². The average Bonchev–Trinajstić information content (AvgIpc) is 2.43. The third-order valence-corrected chi connectivity index (χ3v) is 4.71. The highest BCUT2D eigenvalue weighted by Gasteiger charge is 2.17. The summed E-state index contributed by atoms with van der Waals surface area (Å²) >= 11 is 0. The van der Waals surface area contributed by atoms with Crippen LogP contribution < -0.4 is 0 Å². The van der Waals surface area contributed by atoms with E-state index in [-0.39, 0.29) is 11.5 Å². The second-order valence-electron chi connectivity index (χ2n) is 5.30. The fourth-order valence-corrected chi connectivity index (χ4v) is 2.65. The van der Waals surface area contributed by atoms with Crippen molar-refractivity contribution >= 4 is 10.1 Å². The Morgan fingerprint density at radius 2 is 1.80 bits per heavy atom. The van der Waals surface area contributed by atoms with Gasteiger partial charge in [-0.1, -0.05) is 38.0 Å². The Kier molecular flexibility index (Phi) is 6.65. The molecule has 0 saturated carbocycles. The summed E-state index contributed by atoms with van der Waals surface area (Å²) in [5, 5.41) is 9.76. The monoisotopic (exact) mass is 300 g/mol. The van der Waals surface area contributed by atoms with Gasteiger partial charge < -0.3 is 5.11 Å². The molecule has 2 unspecified atom stereocenters. The molecule has 0 heterocycles. The van der Waals surface area contributed by atoms with Gasteiger partial charge in [-0.25, -0.2) is 0 Å². The van der Waals surface area contributed by atoms with Crippen LogP contribution in [-0.2, 0) is 14.3 Å². The zero-order chi connectivity index (χ0) is 15.2. The van der Waals surface area contributed by atoms with E-state index in [2.05, 4.69) is 13.8 Å². The molecule has 5 heteroatoms. The molecule has 0 spiro atoms. The molecule has 1 rings (SSSR count). The van der Waals surface area contributed by atoms with Crippen molar-refractivity contribution in [2.45, 2.75) is 51.0 Å². The van der Waals surface area contributed by atoms with Gasteiger partial charge in [0, 0.05) is 0 Å². The summed E-state index contributed by atoms with van der Waals surface area (Å²) in [6.45, 7) is 5.90. The van der Waals surface area contributed by atoms with Crippen LogP contribution in [0.25, 0.3) is 0 Å². The van der Waals surface area contributed by atoms with Gasteiger partial charge in [0.2, 0.25) is 0 Å². The Bertz CT molecular complexity index is 493. The van der Waals surface area contributed by atoms with Crippen LogP contribution >= 0.6 is 0 Å². The summed E-state index contributed by atoms with van der Waals surface area (Å²) in [6.07, 6.45) is 1.73. The molecule has 1 aromatic carbocycles. The Morgan fingerprint density at radius 1 is 1.20 bits per heavy atom. The highest BCUT2D eigenvalue weighted by Crippen LogP contribution is 2.15. The van der Waals surface area contributed by atoms with Crippen molar-refractivity contribution in [3.8, 4) is 0 Å². The first kappa shape index (κ1) is 17.1. The summed E-state index contributed by atoms with van der Waals surface area (Å²) in [5.41, 5.74) is 0.984. The molecule has 114 valence electrons. The number of aryl methyl sites for hydroxylation is 1. The zero-order valence-corrected chi connectivity index (χ0v) is 13.2. The van der Waals surface area contributed by atoms with Gasteiger partial charge in [-0.2, -0.15) is 8.42 Å². The zero-order valence-electron chi connectivity index (χ0n) is 12.4. The summed E-state index contributed by atoms with van der Waals surface area (Å²) in [7, 11) is -3.78. The van der Waals surface area contributed by atoms with E-state index in [4.69, 9.17) is 4.18 Å². The number of rotatable bonds is 8. The molecule has 0 aliphatic heterocycles. The Hall–Kier alpha value is -0.910. The van der Waals surface area contributed by atoms with Gasteiger partial charge in [0.25, 0.3) is 10.1 Å². The molecule has 0 radical (unpaired) electrons. The smallest absolute Gasteiger partial charge is 0.297 e. The van der Waals surface area contributed by atoms with Gasteiger partial charge in [0.15, 0.2) is 0 Å². The van der Waals surface area contributed by atoms with Gasteiger partial charge in [0.1, 0.15) is 0 Å². The number of aliphatic hydroxyl groups is 1. The predicted molar refractivity (Wildman–Crippen MR) is 79.0 cm³/mol. The van der Waals surface area contributed by atoms with Crippen LogP contribution in [0.2, 0.25) is 0 Å². The fraction of sp³-hybridized carbons (Fsp3) is 0.600. The molecule has 0 fully saturated rings. The highest BCUT2D eigenvalue weighted by molar-refractivity contribution is 7.86. The van der Waals surface area contributed by atoms with E-state index in [1.807, 2.05) is 6.92 Å². The molecular formula is C15H24O4S. The van der Waals surface area contributed by atoms with Gasteiger partial charge in [0.05, 0.1) is 17.6 Å². The molecule has 1 N–H and O–H groups in total. The largest absolute Gasteiger partial charge is 0.391 e. The lowest BCUT2D eigenvalue weighted by atomic mass is 10.0. The average molecular weight is 300 g/mol. The maximum absolute atomic E-state index is 11.9. The topological polar surface area (TPSA) is 63.6 Å². The maximum Gasteiger partial charge on any atom is 0.297 e. The van der Waals surface area contributed by atoms with Crippen LogP contribution in [0.1, 0.15) is 38.7 Å². The number of benzene rings is 1. The van der Waals surface area contributed by atoms with E-state index in [0.717, 1.165) is 18.4 Å². The van der Waals surface area contributed by atoms with E-state index in [0.29, 0.717) is 12.3 Å². The van der Waals surface area contributed by atoms with Crippen LogP contribution in [0.4, 0.5) is 0 Å². The molecule has 0 aliphatic carbocycles. The number of hydrogen-bond donors (Lipinski definition) is 1. The summed E-state index contributed by atoms with van der Waals surface area (Å²) < 4.78 is 28.7. The van der Waals surface area contributed by atoms with Gasteiger partial charge in [-0.3, -0.25) is 4.18 Å². The summed E-state index contributed by atoms with van der Waals surface area (Å²) in [4.78, 5) is 0.122. The highest BCUT2D eigenvalue weighted by atomic mass is 32.2. The molecule has 0 aromatic heterocycles. The number of aliphatic hydroxyl groups excluding tert-OH is 1. The maximum atomic E-state index is 11.9. The molecule has 0 saturated heterocycles. The molecule has 0 amide bonds. The molecule has 2 atom stereocenters. The lowest BCUT2D eigenvalue weighted by molar-refractivity contribution is 0.0970. The van der Waals surface area contributed by atoms with E-state index < -0.39 is 16.2 Å². The first-order valence-electron chi connectivity index (χ1n) is 6.99. The number of hydrogen-bond acceptors (Lipinski definition) is 4. The molecular weight excluding hydrogens is 276 g/mol. The molecule has 20 heavy (non-hydrogen) atoms. The van der Waals surface area contributed by atoms with Crippen molar-refractivity contribution in [1.82, 2.24) is 0 Å². The van der Waals surface area contributed by atoms with Crippen LogP contribution in [0.3, 0.4) is 0 Å². The minimum absolute atomic E-state index is 0.122. The van der Waals surface area contributed by atoms with E-state index in [1.54, 1.807) is 12.1 Å². The Labute approximate surface area is 121 Å². The summed E-state index contributed by atoms with van der Waals surface area (Å²) in [5.74, 6) is 0.526. The normalized spacial score (nSPS) is 15.0. The van der Waals surface area contributed by atoms with Crippen molar-refractivity contribution in [3.05, 3.63) is 29.8 Å². The molecule has 1 aromatic rings. The first-order valence-corrected chi connectivity index (χ1v) is 8.40. The lowest BCUT2D eigenvalue weighted by Gasteiger charge is -2.13. The standard InChI is InChI=1S/C15H24O4S/c1-4-12(2)5-8-14(16)11-19-20(17,18)15-9-6-13(3)7-10-15/h6-7,9-10,12,14,16H,4-5,8,11H2,1-3H3. The van der Waals surface area contributed by atoms with Gasteiger partial charge in [-0.05, 0) is 37.8 Å². The van der Waals surface area contributed by atoms with Crippen LogP contribution in [0.5, 0.6) is 0 Å². The van der Waals surface area contributed by atoms with Gasteiger partial charge >= 0.3 is 0 Å². The van der Waals surface area contributed by atoms with Crippen molar-refractivity contribution in [3.63, 3.8) is 0 Å². The summed E-state index contributed by atoms with van der Waals surface area (Å²) in [6, 6.07) is 6.46. The van der Waals surface area contributed by atoms with Crippen LogP contribution in [-0.4, -0.2) is 26.2 Å². The SMILES string of the molecule is CCC(C)CCC(O)COS(=O)(=O)c1ccc(C)cc1. The van der Waals surface area contributed by atoms with E-state index >= 15 is 0 Å². The molecule has 4 nitrogen and oxygen atoms in total. The predicted octanol–water partition coefficient (Wildman–Crippen LogP) is 2.89. The molecule has 0 bridgehead atoms. The third-order valence-electron chi connectivity index (χ3n) is 3.41. The van der Waals surface area contributed by atoms with E-state index in [1.165, 1.54) is 12.1 Å². The van der Waals surface area contributed by atoms with Crippen molar-refractivity contribution in [1.29, 1.82) is 0 Å². The lowest BCUT2D eigenvalue weighted by Crippen LogP contribution is -2.19. The van der Waals surface area contributed by atoms with Crippen LogP contribution in [0, 0.1) is 12.8 Å². The molecule has 0 aliphatic rings.